The molecule has 0 aliphatic carbocycles. The zero-order chi connectivity index (χ0) is 26.2. The number of hydrogen-bond acceptors (Lipinski definition) is 7. The SMILES string of the molecule is CC/C=C(OCC(C)(C)NC(=O)c1ccc2c(c1)OCCO2)\C(=C(/C)N=C(C)CC(=O)O)C(C)N. The maximum absolute atomic E-state index is 12.9. The summed E-state index contributed by atoms with van der Waals surface area (Å²) >= 11 is 0. The second-order valence-corrected chi connectivity index (χ2v) is 9.17. The summed E-state index contributed by atoms with van der Waals surface area (Å²) in [7, 11) is 0. The van der Waals surface area contributed by atoms with Crippen LogP contribution >= 0.6 is 0 Å². The van der Waals surface area contributed by atoms with E-state index in [9.17, 15) is 9.59 Å². The van der Waals surface area contributed by atoms with Crippen LogP contribution < -0.4 is 20.5 Å². The van der Waals surface area contributed by atoms with Crippen LogP contribution in [0.5, 0.6) is 11.5 Å². The molecule has 0 radical (unpaired) electrons. The van der Waals surface area contributed by atoms with E-state index in [1.165, 1.54) is 0 Å². The van der Waals surface area contributed by atoms with Gasteiger partial charge < -0.3 is 30.4 Å². The van der Waals surface area contributed by atoms with Crippen molar-refractivity contribution in [1.82, 2.24) is 5.32 Å². The summed E-state index contributed by atoms with van der Waals surface area (Å²) in [6, 6.07) is 4.69. The van der Waals surface area contributed by atoms with E-state index in [1.807, 2.05) is 33.8 Å². The number of allylic oxidation sites excluding steroid dienone is 2. The number of aliphatic imine (C=N–C) groups is 1. The highest BCUT2D eigenvalue weighted by molar-refractivity contribution is 5.97. The van der Waals surface area contributed by atoms with Crippen molar-refractivity contribution >= 4 is 17.6 Å². The molecule has 1 atom stereocenters. The maximum atomic E-state index is 12.9. The minimum Gasteiger partial charge on any atom is -0.491 e. The van der Waals surface area contributed by atoms with Gasteiger partial charge in [0, 0.05) is 28.6 Å². The average Bonchev–Trinajstić information content (AvgIpc) is 2.76. The lowest BCUT2D eigenvalue weighted by atomic mass is 10.0. The predicted molar refractivity (Wildman–Crippen MR) is 135 cm³/mol. The van der Waals surface area contributed by atoms with Crippen molar-refractivity contribution in [2.45, 2.75) is 66.0 Å². The number of fused-ring (bicyclic) bond motifs is 1. The van der Waals surface area contributed by atoms with Crippen LogP contribution in [0.15, 0.2) is 46.3 Å². The largest absolute Gasteiger partial charge is 0.491 e. The Morgan fingerprint density at radius 3 is 2.51 bits per heavy atom. The normalized spacial score (nSPS) is 15.7. The van der Waals surface area contributed by atoms with Crippen molar-refractivity contribution in [3.8, 4) is 11.5 Å². The number of nitrogens with one attached hydrogen (secondary N) is 1. The third-order valence-corrected chi connectivity index (χ3v) is 5.11. The summed E-state index contributed by atoms with van der Waals surface area (Å²) in [5.74, 6) is 0.527. The summed E-state index contributed by atoms with van der Waals surface area (Å²) < 4.78 is 17.2. The van der Waals surface area contributed by atoms with Gasteiger partial charge in [0.25, 0.3) is 5.91 Å². The lowest BCUT2D eigenvalue weighted by Crippen LogP contribution is -2.47. The fourth-order valence-corrected chi connectivity index (χ4v) is 3.63. The Bertz CT molecular complexity index is 1020. The fourth-order valence-electron chi connectivity index (χ4n) is 3.63. The van der Waals surface area contributed by atoms with E-state index in [0.717, 1.165) is 0 Å². The van der Waals surface area contributed by atoms with Gasteiger partial charge >= 0.3 is 5.97 Å². The Labute approximate surface area is 207 Å². The summed E-state index contributed by atoms with van der Waals surface area (Å²) in [5.41, 5.74) is 7.74. The molecule has 1 amide bonds. The number of carbonyl (C=O) groups excluding carboxylic acids is 1. The monoisotopic (exact) mass is 487 g/mol. The third-order valence-electron chi connectivity index (χ3n) is 5.11. The highest BCUT2D eigenvalue weighted by atomic mass is 16.6. The lowest BCUT2D eigenvalue weighted by molar-refractivity contribution is -0.135. The number of nitrogens with two attached hydrogens (primary N) is 1. The Balaban J connectivity index is 2.17. The van der Waals surface area contributed by atoms with Gasteiger partial charge in [-0.05, 0) is 65.3 Å². The van der Waals surface area contributed by atoms with Crippen LogP contribution in [0.4, 0.5) is 0 Å². The number of rotatable bonds is 11. The number of carboxylic acids is 1. The predicted octanol–water partition coefficient (Wildman–Crippen LogP) is 3.83. The molecule has 1 aromatic carbocycles. The number of carboxylic acid groups (broad SMARTS) is 1. The molecule has 0 aromatic heterocycles. The van der Waals surface area contributed by atoms with Crippen LogP contribution in [0.2, 0.25) is 0 Å². The first-order chi connectivity index (χ1) is 16.4. The van der Waals surface area contributed by atoms with Crippen molar-refractivity contribution in [1.29, 1.82) is 0 Å². The van der Waals surface area contributed by atoms with Gasteiger partial charge in [0.2, 0.25) is 0 Å². The van der Waals surface area contributed by atoms with Gasteiger partial charge in [-0.1, -0.05) is 6.92 Å². The smallest absolute Gasteiger partial charge is 0.309 e. The number of aliphatic carboxylic acids is 1. The number of benzene rings is 1. The Morgan fingerprint density at radius 1 is 1.26 bits per heavy atom. The van der Waals surface area contributed by atoms with Gasteiger partial charge in [-0.2, -0.15) is 0 Å². The van der Waals surface area contributed by atoms with Crippen LogP contribution in [0.3, 0.4) is 0 Å². The van der Waals surface area contributed by atoms with E-state index >= 15 is 0 Å². The van der Waals surface area contributed by atoms with E-state index in [4.69, 9.17) is 25.1 Å². The van der Waals surface area contributed by atoms with Crippen molar-refractivity contribution in [2.24, 2.45) is 10.7 Å². The van der Waals surface area contributed by atoms with E-state index in [2.05, 4.69) is 10.3 Å². The molecule has 0 spiro atoms. The Morgan fingerprint density at radius 2 is 1.91 bits per heavy atom. The molecule has 9 nitrogen and oxygen atoms in total. The van der Waals surface area contributed by atoms with Crippen LogP contribution in [-0.2, 0) is 9.53 Å². The zero-order valence-corrected chi connectivity index (χ0v) is 21.4. The van der Waals surface area contributed by atoms with E-state index in [1.54, 1.807) is 32.0 Å². The first kappa shape index (κ1) is 27.9. The van der Waals surface area contributed by atoms with Crippen LogP contribution in [0.25, 0.3) is 0 Å². The topological polar surface area (TPSA) is 132 Å². The van der Waals surface area contributed by atoms with Crippen molar-refractivity contribution in [3.63, 3.8) is 0 Å². The number of ether oxygens (including phenoxy) is 3. The van der Waals surface area contributed by atoms with Crippen molar-refractivity contribution < 1.29 is 28.9 Å². The van der Waals surface area contributed by atoms with E-state index in [0.29, 0.717) is 59.4 Å². The van der Waals surface area contributed by atoms with Gasteiger partial charge in [0.05, 0.1) is 12.0 Å². The highest BCUT2D eigenvalue weighted by Gasteiger charge is 2.25. The summed E-state index contributed by atoms with van der Waals surface area (Å²) in [6.07, 6.45) is 2.44. The molecule has 1 aliphatic rings. The third kappa shape index (κ3) is 8.43. The summed E-state index contributed by atoms with van der Waals surface area (Å²) in [5, 5.41) is 12.0. The maximum Gasteiger partial charge on any atom is 0.309 e. The molecule has 0 saturated heterocycles. The second-order valence-electron chi connectivity index (χ2n) is 9.17. The van der Waals surface area contributed by atoms with Crippen LogP contribution in [0.1, 0.15) is 64.7 Å². The minimum absolute atomic E-state index is 0.157. The van der Waals surface area contributed by atoms with E-state index in [-0.39, 0.29) is 18.9 Å². The molecular weight excluding hydrogens is 450 g/mol. The van der Waals surface area contributed by atoms with E-state index < -0.39 is 17.6 Å². The molecule has 0 fully saturated rings. The first-order valence-electron chi connectivity index (χ1n) is 11.7. The molecule has 0 saturated carbocycles. The number of carbonyl (C=O) groups is 2. The molecule has 1 unspecified atom stereocenters. The Hall–Kier alpha value is -3.33. The fraction of sp³-hybridized carbons (Fsp3) is 0.500. The average molecular weight is 488 g/mol. The zero-order valence-electron chi connectivity index (χ0n) is 21.4. The number of amides is 1. The van der Waals surface area contributed by atoms with Crippen molar-refractivity contribution in [2.75, 3.05) is 19.8 Å². The second kappa shape index (κ2) is 12.4. The summed E-state index contributed by atoms with van der Waals surface area (Å²) in [4.78, 5) is 28.3. The molecule has 0 bridgehead atoms. The first-order valence-corrected chi connectivity index (χ1v) is 11.7. The number of hydrogen-bond donors (Lipinski definition) is 3. The van der Waals surface area contributed by atoms with Gasteiger partial charge in [0.1, 0.15) is 25.6 Å². The van der Waals surface area contributed by atoms with Gasteiger partial charge in [-0.3, -0.25) is 14.6 Å². The molecular formula is C26H37N3O6. The lowest BCUT2D eigenvalue weighted by Gasteiger charge is -2.29. The molecule has 192 valence electrons. The molecule has 1 aliphatic heterocycles. The molecule has 1 aromatic rings. The standard InChI is InChI=1S/C26H37N3O6/c1-7-8-21(24(17(3)27)18(4)28-16(2)13-23(30)31)35-15-26(5,6)29-25(32)19-9-10-20-22(14-19)34-12-11-33-20/h8-10,14,17H,7,11-13,15,27H2,1-6H3,(H,29,32)(H,30,31)/b21-8+,24-18+,28-16?. The molecule has 35 heavy (non-hydrogen) atoms. The van der Waals surface area contributed by atoms with Crippen LogP contribution in [0, 0.1) is 0 Å². The molecule has 9 heteroatoms. The Kier molecular flexibility index (Phi) is 9.89. The quantitative estimate of drug-likeness (QED) is 0.245. The highest BCUT2D eigenvalue weighted by Crippen LogP contribution is 2.31. The van der Waals surface area contributed by atoms with Gasteiger partial charge in [-0.25, -0.2) is 0 Å². The molecule has 4 N–H and O–H groups in total. The molecule has 2 rings (SSSR count). The van der Waals surface area contributed by atoms with Gasteiger partial charge in [-0.15, -0.1) is 0 Å². The molecule has 1 heterocycles. The van der Waals surface area contributed by atoms with Crippen LogP contribution in [-0.4, -0.2) is 54.1 Å². The van der Waals surface area contributed by atoms with Gasteiger partial charge in [0.15, 0.2) is 11.5 Å². The minimum atomic E-state index is -0.947. The number of nitrogens with zero attached hydrogens (tertiary/aromatic N) is 1. The summed E-state index contributed by atoms with van der Waals surface area (Å²) in [6.45, 7) is 12.1. The van der Waals surface area contributed by atoms with Crippen molar-refractivity contribution in [3.05, 3.63) is 46.9 Å².